The number of pyridine rings is 1. The van der Waals surface area contributed by atoms with Gasteiger partial charge in [0.2, 0.25) is 5.78 Å². The van der Waals surface area contributed by atoms with E-state index < -0.39 is 11.7 Å². The van der Waals surface area contributed by atoms with E-state index in [9.17, 15) is 14.4 Å². The summed E-state index contributed by atoms with van der Waals surface area (Å²) in [7, 11) is 0. The predicted molar refractivity (Wildman–Crippen MR) is 102 cm³/mol. The van der Waals surface area contributed by atoms with Crippen LogP contribution in [0.1, 0.15) is 17.3 Å². The monoisotopic (exact) mass is 376 g/mol. The zero-order valence-electron chi connectivity index (χ0n) is 15.5. The number of nitrogens with zero attached hydrogens (tertiary/aromatic N) is 4. The second-order valence-corrected chi connectivity index (χ2v) is 6.96. The summed E-state index contributed by atoms with van der Waals surface area (Å²) in [5.41, 5.74) is 1.52. The maximum absolute atomic E-state index is 12.8. The van der Waals surface area contributed by atoms with Crippen molar-refractivity contribution in [3.05, 3.63) is 64.9 Å². The number of piperazine rings is 1. The lowest BCUT2D eigenvalue weighted by Gasteiger charge is -2.39. The van der Waals surface area contributed by atoms with E-state index in [-0.39, 0.29) is 18.5 Å². The van der Waals surface area contributed by atoms with Crippen LogP contribution in [0.5, 0.6) is 0 Å². The van der Waals surface area contributed by atoms with Crippen LogP contribution in [0.2, 0.25) is 0 Å². The molecular weight excluding hydrogens is 356 g/mol. The first-order valence-corrected chi connectivity index (χ1v) is 9.24. The Kier molecular flexibility index (Phi) is 4.73. The standard InChI is InChI=1S/C21H20N4O3/c1-14-13-24(20(27)15-6-3-2-4-7-15)10-11-25(14)21(28)18(26)17-12-23-19-16(17)8-5-9-22-19/h2-9,14H,10-13H2,1H3/t14-/m1/s1. The van der Waals surface area contributed by atoms with Crippen LogP contribution in [0.15, 0.2) is 53.7 Å². The van der Waals surface area contributed by atoms with Crippen molar-refractivity contribution >= 4 is 23.2 Å². The first-order valence-electron chi connectivity index (χ1n) is 9.24. The average Bonchev–Trinajstić information content (AvgIpc) is 3.17. The maximum Gasteiger partial charge on any atom is 0.295 e. The fourth-order valence-electron chi connectivity index (χ4n) is 3.66. The molecule has 2 aromatic rings. The molecule has 1 saturated heterocycles. The Morgan fingerprint density at radius 3 is 2.57 bits per heavy atom. The Labute approximate surface area is 162 Å². The molecule has 2 amide bonds. The summed E-state index contributed by atoms with van der Waals surface area (Å²) in [6.45, 7) is 3.15. The first-order chi connectivity index (χ1) is 13.6. The number of aromatic nitrogens is 1. The second-order valence-electron chi connectivity index (χ2n) is 6.96. The normalized spacial score (nSPS) is 18.5. The minimum absolute atomic E-state index is 0.0603. The molecule has 3 heterocycles. The molecule has 2 aliphatic heterocycles. The number of benzene rings is 1. The highest BCUT2D eigenvalue weighted by Crippen LogP contribution is 2.15. The lowest BCUT2D eigenvalue weighted by molar-refractivity contribution is -0.144. The smallest absolute Gasteiger partial charge is 0.295 e. The van der Waals surface area contributed by atoms with Crippen LogP contribution in [-0.4, -0.2) is 64.6 Å². The average molecular weight is 376 g/mol. The van der Waals surface area contributed by atoms with Crippen molar-refractivity contribution in [2.75, 3.05) is 26.2 Å². The predicted octanol–water partition coefficient (Wildman–Crippen LogP) is -0.192. The molecule has 0 bridgehead atoms. The van der Waals surface area contributed by atoms with Crippen LogP contribution in [0.3, 0.4) is 0 Å². The van der Waals surface area contributed by atoms with Gasteiger partial charge in [0.1, 0.15) is 0 Å². The molecule has 0 N–H and O–H groups in total. The summed E-state index contributed by atoms with van der Waals surface area (Å²) in [6, 6.07) is 12.3. The highest BCUT2D eigenvalue weighted by Gasteiger charge is 2.34. The summed E-state index contributed by atoms with van der Waals surface area (Å²) in [4.78, 5) is 49.9. The molecule has 0 saturated carbocycles. The van der Waals surface area contributed by atoms with Gasteiger partial charge in [-0.25, -0.2) is 4.98 Å². The van der Waals surface area contributed by atoms with E-state index in [0.29, 0.717) is 41.5 Å². The molecule has 1 fully saturated rings. The molecule has 142 valence electrons. The number of rotatable bonds is 3. The maximum atomic E-state index is 12.8. The van der Waals surface area contributed by atoms with Crippen molar-refractivity contribution in [1.82, 2.24) is 14.8 Å². The Morgan fingerprint density at radius 2 is 1.82 bits per heavy atom. The molecule has 0 spiro atoms. The van der Waals surface area contributed by atoms with Gasteiger partial charge in [-0.2, -0.15) is 0 Å². The van der Waals surface area contributed by atoms with Crippen molar-refractivity contribution in [3.8, 4) is 0 Å². The summed E-state index contributed by atoms with van der Waals surface area (Å²) >= 11 is 0. The van der Waals surface area contributed by atoms with Crippen LogP contribution < -0.4 is 10.7 Å². The lowest BCUT2D eigenvalue weighted by Crippen LogP contribution is -2.57. The van der Waals surface area contributed by atoms with Crippen LogP contribution in [0.4, 0.5) is 0 Å². The van der Waals surface area contributed by atoms with Gasteiger partial charge in [-0.3, -0.25) is 19.4 Å². The molecule has 7 heteroatoms. The molecule has 4 rings (SSSR count). The fraction of sp³-hybridized carbons (Fsp3) is 0.286. The number of amides is 2. The molecule has 7 nitrogen and oxygen atoms in total. The number of ketones is 1. The molecule has 1 aromatic heterocycles. The Hall–Kier alpha value is -3.35. The van der Waals surface area contributed by atoms with Crippen LogP contribution in [-0.2, 0) is 9.59 Å². The van der Waals surface area contributed by atoms with Gasteiger partial charge < -0.3 is 9.80 Å². The molecule has 0 unspecified atom stereocenters. The number of carbonyl (C=O) groups excluding carboxylic acids is 3. The van der Waals surface area contributed by atoms with Crippen molar-refractivity contribution < 1.29 is 14.4 Å². The summed E-state index contributed by atoms with van der Waals surface area (Å²) in [5.74, 6) is -1.14. The van der Waals surface area contributed by atoms with Crippen LogP contribution >= 0.6 is 0 Å². The number of fused-ring (bicyclic) bond motifs is 1. The number of carbonyl (C=O) groups is 3. The van der Waals surface area contributed by atoms with E-state index in [1.54, 1.807) is 40.3 Å². The largest absolute Gasteiger partial charge is 0.335 e. The van der Waals surface area contributed by atoms with Crippen molar-refractivity contribution in [1.29, 1.82) is 0 Å². The SMILES string of the molecule is C[C@@H]1CN(C(=O)c2ccccc2)CCN1C(=O)C(=O)C1=c2cccnc2=NC1. The summed E-state index contributed by atoms with van der Waals surface area (Å²) in [6.07, 6.45) is 1.61. The van der Waals surface area contributed by atoms with Gasteiger partial charge in [-0.1, -0.05) is 18.2 Å². The molecule has 2 aliphatic rings. The third-order valence-electron chi connectivity index (χ3n) is 5.16. The number of hydrogen-bond donors (Lipinski definition) is 0. The number of Topliss-reactive ketones (excluding diaryl/α,β-unsaturated/α-hetero) is 1. The van der Waals surface area contributed by atoms with Crippen molar-refractivity contribution in [2.45, 2.75) is 13.0 Å². The van der Waals surface area contributed by atoms with Gasteiger partial charge in [-0.15, -0.1) is 0 Å². The molecular formula is C21H20N4O3. The van der Waals surface area contributed by atoms with E-state index in [4.69, 9.17) is 0 Å². The van der Waals surface area contributed by atoms with E-state index in [0.717, 1.165) is 0 Å². The van der Waals surface area contributed by atoms with Crippen molar-refractivity contribution in [3.63, 3.8) is 0 Å². The highest BCUT2D eigenvalue weighted by atomic mass is 16.2. The van der Waals surface area contributed by atoms with E-state index >= 15 is 0 Å². The second kappa shape index (κ2) is 7.34. The highest BCUT2D eigenvalue weighted by molar-refractivity contribution is 6.51. The van der Waals surface area contributed by atoms with Crippen molar-refractivity contribution in [2.24, 2.45) is 4.99 Å². The molecule has 0 aliphatic carbocycles. The Balaban J connectivity index is 1.48. The third-order valence-corrected chi connectivity index (χ3v) is 5.16. The molecule has 1 atom stereocenters. The van der Waals surface area contributed by atoms with E-state index in [2.05, 4.69) is 9.98 Å². The lowest BCUT2D eigenvalue weighted by atomic mass is 10.1. The minimum atomic E-state index is -0.541. The summed E-state index contributed by atoms with van der Waals surface area (Å²) < 4.78 is 0. The van der Waals surface area contributed by atoms with Gasteiger partial charge in [0, 0.05) is 48.2 Å². The quantitative estimate of drug-likeness (QED) is 0.695. The molecule has 28 heavy (non-hydrogen) atoms. The van der Waals surface area contributed by atoms with Crippen LogP contribution in [0.25, 0.3) is 5.57 Å². The van der Waals surface area contributed by atoms with Crippen LogP contribution in [0, 0.1) is 0 Å². The topological polar surface area (TPSA) is 82.9 Å². The van der Waals surface area contributed by atoms with E-state index in [1.165, 1.54) is 0 Å². The molecule has 0 radical (unpaired) electrons. The minimum Gasteiger partial charge on any atom is -0.335 e. The zero-order chi connectivity index (χ0) is 19.7. The van der Waals surface area contributed by atoms with Gasteiger partial charge >= 0.3 is 0 Å². The van der Waals surface area contributed by atoms with Gasteiger partial charge in [0.25, 0.3) is 11.8 Å². The Morgan fingerprint density at radius 1 is 1.04 bits per heavy atom. The molecule has 1 aromatic carbocycles. The summed E-state index contributed by atoms with van der Waals surface area (Å²) in [5, 5.41) is 0.631. The fourth-order valence-corrected chi connectivity index (χ4v) is 3.66. The first kappa shape index (κ1) is 18.0. The zero-order valence-corrected chi connectivity index (χ0v) is 15.5. The number of hydrogen-bond acceptors (Lipinski definition) is 5. The van der Waals surface area contributed by atoms with Gasteiger partial charge in [-0.05, 0) is 31.2 Å². The third kappa shape index (κ3) is 3.19. The van der Waals surface area contributed by atoms with Gasteiger partial charge in [0.05, 0.1) is 6.54 Å². The van der Waals surface area contributed by atoms with E-state index in [1.807, 2.05) is 25.1 Å². The Bertz CT molecular complexity index is 1060. The van der Waals surface area contributed by atoms with Gasteiger partial charge in [0.15, 0.2) is 5.49 Å².